The Labute approximate surface area is 103 Å². The monoisotopic (exact) mass is 251 g/mol. The van der Waals surface area contributed by atoms with Crippen LogP contribution in [-0.4, -0.2) is 36.6 Å². The zero-order valence-corrected chi connectivity index (χ0v) is 9.87. The highest BCUT2D eigenvalue weighted by Crippen LogP contribution is 2.52. The van der Waals surface area contributed by atoms with Crippen molar-refractivity contribution in [2.75, 3.05) is 13.7 Å². The predicted octanol–water partition coefficient (Wildman–Crippen LogP) is -0.102. The van der Waals surface area contributed by atoms with Crippen LogP contribution in [-0.2, 0) is 24.0 Å². The Morgan fingerprint density at radius 2 is 1.83 bits per heavy atom. The molecular weight excluding hydrogens is 238 g/mol. The minimum atomic E-state index is -0.617. The Kier molecular flexibility index (Phi) is 2.48. The minimum Gasteiger partial charge on any atom is -0.467 e. The SMILES string of the molecule is COC(=O)CON1C(=O)[C@@H]2[C@H](C1=O)[C@H]1C=C[C@H]2C1. The molecule has 18 heavy (non-hydrogen) atoms. The predicted molar refractivity (Wildman–Crippen MR) is 57.5 cm³/mol. The molecule has 1 heterocycles. The number of nitrogens with zero attached hydrogens (tertiary/aromatic N) is 1. The van der Waals surface area contributed by atoms with Crippen LogP contribution < -0.4 is 0 Å². The number of carbonyl (C=O) groups is 3. The molecule has 0 aromatic rings. The number of amides is 2. The maximum atomic E-state index is 12.1. The molecule has 1 aliphatic heterocycles. The van der Waals surface area contributed by atoms with Crippen molar-refractivity contribution >= 4 is 17.8 Å². The van der Waals surface area contributed by atoms with Gasteiger partial charge in [0.05, 0.1) is 18.9 Å². The molecule has 2 amide bonds. The Morgan fingerprint density at radius 1 is 1.28 bits per heavy atom. The first kappa shape index (κ1) is 11.4. The number of hydrogen-bond donors (Lipinski definition) is 0. The second-order valence-electron chi connectivity index (χ2n) is 4.82. The number of allylic oxidation sites excluding steroid dienone is 2. The van der Waals surface area contributed by atoms with Crippen LogP contribution in [0.2, 0.25) is 0 Å². The molecule has 3 aliphatic rings. The Balaban J connectivity index is 1.74. The lowest BCUT2D eigenvalue weighted by Gasteiger charge is -2.15. The van der Waals surface area contributed by atoms with Crippen molar-refractivity contribution < 1.29 is 24.0 Å². The van der Waals surface area contributed by atoms with Gasteiger partial charge in [0, 0.05) is 0 Å². The van der Waals surface area contributed by atoms with E-state index in [1.807, 2.05) is 12.2 Å². The van der Waals surface area contributed by atoms with Crippen LogP contribution in [0.4, 0.5) is 0 Å². The van der Waals surface area contributed by atoms with E-state index < -0.39 is 12.6 Å². The van der Waals surface area contributed by atoms with Crippen LogP contribution in [0.15, 0.2) is 12.2 Å². The summed E-state index contributed by atoms with van der Waals surface area (Å²) in [6.07, 6.45) is 4.87. The van der Waals surface area contributed by atoms with Crippen LogP contribution in [0, 0.1) is 23.7 Å². The molecule has 0 radical (unpaired) electrons. The maximum absolute atomic E-state index is 12.1. The largest absolute Gasteiger partial charge is 0.467 e. The van der Waals surface area contributed by atoms with E-state index in [2.05, 4.69) is 4.74 Å². The van der Waals surface area contributed by atoms with E-state index in [1.54, 1.807) is 0 Å². The van der Waals surface area contributed by atoms with E-state index in [0.717, 1.165) is 11.5 Å². The summed E-state index contributed by atoms with van der Waals surface area (Å²) < 4.78 is 4.40. The highest BCUT2D eigenvalue weighted by atomic mass is 16.7. The molecule has 6 nitrogen and oxygen atoms in total. The van der Waals surface area contributed by atoms with Gasteiger partial charge >= 0.3 is 5.97 Å². The highest BCUT2D eigenvalue weighted by Gasteiger charge is 2.60. The van der Waals surface area contributed by atoms with Gasteiger partial charge in [-0.3, -0.25) is 14.4 Å². The van der Waals surface area contributed by atoms with Gasteiger partial charge in [-0.15, -0.1) is 0 Å². The maximum Gasteiger partial charge on any atom is 0.334 e. The average Bonchev–Trinajstić information content (AvgIpc) is 3.02. The third-order valence-electron chi connectivity index (χ3n) is 3.97. The summed E-state index contributed by atoms with van der Waals surface area (Å²) in [4.78, 5) is 40.1. The number of methoxy groups -OCH3 is 1. The smallest absolute Gasteiger partial charge is 0.334 e. The molecule has 6 heteroatoms. The Hall–Kier alpha value is -1.69. The zero-order chi connectivity index (χ0) is 12.9. The van der Waals surface area contributed by atoms with Gasteiger partial charge in [-0.2, -0.15) is 5.06 Å². The summed E-state index contributed by atoms with van der Waals surface area (Å²) >= 11 is 0. The van der Waals surface area contributed by atoms with Crippen molar-refractivity contribution in [2.45, 2.75) is 6.42 Å². The van der Waals surface area contributed by atoms with Gasteiger partial charge < -0.3 is 4.74 Å². The molecule has 1 saturated heterocycles. The van der Waals surface area contributed by atoms with Gasteiger partial charge in [0.2, 0.25) is 0 Å². The summed E-state index contributed by atoms with van der Waals surface area (Å²) in [5.41, 5.74) is 0. The summed E-state index contributed by atoms with van der Waals surface area (Å²) in [6, 6.07) is 0. The Morgan fingerprint density at radius 3 is 2.33 bits per heavy atom. The molecule has 0 unspecified atom stereocenters. The van der Waals surface area contributed by atoms with E-state index in [4.69, 9.17) is 4.84 Å². The Bertz CT molecular complexity index is 427. The fraction of sp³-hybridized carbons (Fsp3) is 0.583. The lowest BCUT2D eigenvalue weighted by Crippen LogP contribution is -2.35. The fourth-order valence-corrected chi connectivity index (χ4v) is 3.18. The summed E-state index contributed by atoms with van der Waals surface area (Å²) in [7, 11) is 1.22. The molecule has 96 valence electrons. The quantitative estimate of drug-likeness (QED) is 0.398. The van der Waals surface area contributed by atoms with E-state index in [0.29, 0.717) is 0 Å². The van der Waals surface area contributed by atoms with Crippen molar-refractivity contribution in [3.05, 3.63) is 12.2 Å². The third kappa shape index (κ3) is 1.42. The number of hydrogen-bond acceptors (Lipinski definition) is 5. The second kappa shape index (κ2) is 3.91. The molecule has 0 spiro atoms. The van der Waals surface area contributed by atoms with Crippen LogP contribution in [0.5, 0.6) is 0 Å². The van der Waals surface area contributed by atoms with Crippen LogP contribution in [0.1, 0.15) is 6.42 Å². The fourth-order valence-electron chi connectivity index (χ4n) is 3.18. The number of fused-ring (bicyclic) bond motifs is 5. The van der Waals surface area contributed by atoms with Crippen molar-refractivity contribution in [1.82, 2.24) is 5.06 Å². The first-order valence-corrected chi connectivity index (χ1v) is 5.89. The standard InChI is InChI=1S/C12H13NO5/c1-17-8(14)5-18-13-11(15)9-6-2-3-7(4-6)10(9)12(13)16/h2-3,6-7,9-10H,4-5H2,1H3/t6-,7-,9-,10+/m0/s1. The summed E-state index contributed by atoms with van der Waals surface area (Å²) in [6.45, 7) is -0.420. The van der Waals surface area contributed by atoms with Gasteiger partial charge in [-0.1, -0.05) is 12.2 Å². The number of hydroxylamine groups is 2. The summed E-state index contributed by atoms with van der Waals surface area (Å²) in [5, 5.41) is 0.748. The molecule has 0 aromatic carbocycles. The molecular formula is C12H13NO5. The summed E-state index contributed by atoms with van der Waals surface area (Å²) in [5.74, 6) is -1.59. The van der Waals surface area contributed by atoms with Crippen molar-refractivity contribution in [3.63, 3.8) is 0 Å². The van der Waals surface area contributed by atoms with Crippen LogP contribution in [0.3, 0.4) is 0 Å². The van der Waals surface area contributed by atoms with E-state index >= 15 is 0 Å². The van der Waals surface area contributed by atoms with Gasteiger partial charge in [0.15, 0.2) is 6.61 Å². The van der Waals surface area contributed by atoms with Crippen LogP contribution >= 0.6 is 0 Å². The van der Waals surface area contributed by atoms with Crippen molar-refractivity contribution in [3.8, 4) is 0 Å². The molecule has 1 saturated carbocycles. The minimum absolute atomic E-state index is 0.142. The first-order chi connectivity index (χ1) is 8.63. The highest BCUT2D eigenvalue weighted by molar-refractivity contribution is 6.05. The van der Waals surface area contributed by atoms with Gasteiger partial charge in [-0.25, -0.2) is 4.79 Å². The first-order valence-electron chi connectivity index (χ1n) is 5.89. The number of esters is 1. The molecule has 0 N–H and O–H groups in total. The molecule has 2 aliphatic carbocycles. The average molecular weight is 251 g/mol. The topological polar surface area (TPSA) is 72.9 Å². The van der Waals surface area contributed by atoms with Crippen molar-refractivity contribution in [2.24, 2.45) is 23.7 Å². The molecule has 3 rings (SSSR count). The number of carbonyl (C=O) groups excluding carboxylic acids is 3. The van der Waals surface area contributed by atoms with Gasteiger partial charge in [0.1, 0.15) is 0 Å². The van der Waals surface area contributed by atoms with Gasteiger partial charge in [-0.05, 0) is 18.3 Å². The van der Waals surface area contributed by atoms with E-state index in [-0.39, 0.29) is 35.5 Å². The second-order valence-corrected chi connectivity index (χ2v) is 4.82. The lowest BCUT2D eigenvalue weighted by atomic mass is 9.85. The number of rotatable bonds is 3. The van der Waals surface area contributed by atoms with E-state index in [9.17, 15) is 14.4 Å². The molecule has 0 aromatic heterocycles. The van der Waals surface area contributed by atoms with Crippen molar-refractivity contribution in [1.29, 1.82) is 0 Å². The number of imide groups is 1. The lowest BCUT2D eigenvalue weighted by molar-refractivity contribution is -0.195. The third-order valence-corrected chi connectivity index (χ3v) is 3.97. The van der Waals surface area contributed by atoms with Gasteiger partial charge in [0.25, 0.3) is 11.8 Å². The zero-order valence-electron chi connectivity index (χ0n) is 9.87. The van der Waals surface area contributed by atoms with E-state index in [1.165, 1.54) is 7.11 Å². The normalized spacial score (nSPS) is 36.4. The molecule has 2 fully saturated rings. The molecule has 4 atom stereocenters. The van der Waals surface area contributed by atoms with Crippen LogP contribution in [0.25, 0.3) is 0 Å². The number of ether oxygens (including phenoxy) is 1. The molecule has 2 bridgehead atoms.